The molecule has 0 bridgehead atoms. The molecular weight excluding hydrogens is 374 g/mol. The van der Waals surface area contributed by atoms with Gasteiger partial charge < -0.3 is 14.2 Å². The van der Waals surface area contributed by atoms with Crippen LogP contribution in [0.3, 0.4) is 0 Å². The Morgan fingerprint density at radius 3 is 2.48 bits per heavy atom. The minimum Gasteiger partial charge on any atom is -0.493 e. The topological polar surface area (TPSA) is 27.7 Å². The lowest BCUT2D eigenvalue weighted by molar-refractivity contribution is -0.00304. The second kappa shape index (κ2) is 10.4. The van der Waals surface area contributed by atoms with Gasteiger partial charge in [0.2, 0.25) is 5.82 Å². The molecule has 2 unspecified atom stereocenters. The van der Waals surface area contributed by atoms with Crippen molar-refractivity contribution in [3.63, 3.8) is 0 Å². The average molecular weight is 402 g/mol. The van der Waals surface area contributed by atoms with Crippen molar-refractivity contribution in [2.24, 2.45) is 5.92 Å². The Bertz CT molecular complexity index is 810. The summed E-state index contributed by atoms with van der Waals surface area (Å²) >= 11 is 0. The molecule has 29 heavy (non-hydrogen) atoms. The minimum atomic E-state index is -0.954. The monoisotopic (exact) mass is 402 g/mol. The molecule has 1 aliphatic rings. The van der Waals surface area contributed by atoms with Crippen molar-refractivity contribution in [2.45, 2.75) is 39.2 Å². The van der Waals surface area contributed by atoms with Crippen molar-refractivity contribution in [3.05, 3.63) is 60.2 Å². The van der Waals surface area contributed by atoms with Gasteiger partial charge in [0, 0.05) is 11.5 Å². The van der Waals surface area contributed by atoms with Crippen LogP contribution in [0.25, 0.3) is 11.1 Å². The Kier molecular flexibility index (Phi) is 7.64. The predicted molar refractivity (Wildman–Crippen MR) is 110 cm³/mol. The van der Waals surface area contributed by atoms with Gasteiger partial charge >= 0.3 is 0 Å². The van der Waals surface area contributed by atoms with Gasteiger partial charge in [0.15, 0.2) is 11.6 Å². The first-order chi connectivity index (χ1) is 14.1. The Hall–Kier alpha value is -2.40. The van der Waals surface area contributed by atoms with Crippen LogP contribution < -0.4 is 9.47 Å². The van der Waals surface area contributed by atoms with E-state index < -0.39 is 11.6 Å². The van der Waals surface area contributed by atoms with Gasteiger partial charge in [-0.3, -0.25) is 0 Å². The third-order valence-electron chi connectivity index (χ3n) is 4.97. The van der Waals surface area contributed by atoms with Crippen LogP contribution in [0.4, 0.5) is 8.78 Å². The van der Waals surface area contributed by atoms with Crippen LogP contribution in [-0.2, 0) is 4.74 Å². The minimum absolute atomic E-state index is 0.0561. The molecule has 1 heterocycles. The summed E-state index contributed by atoms with van der Waals surface area (Å²) in [7, 11) is 0. The van der Waals surface area contributed by atoms with Gasteiger partial charge in [0.1, 0.15) is 5.75 Å². The van der Waals surface area contributed by atoms with E-state index in [-0.39, 0.29) is 17.4 Å². The molecule has 0 N–H and O–H groups in total. The van der Waals surface area contributed by atoms with Gasteiger partial charge in [-0.25, -0.2) is 4.39 Å². The SMILES string of the molecule is C/C=C/C1CCC(COc2ccc(-c3ccc(OCCC)c(F)c3F)cc2)CO1. The van der Waals surface area contributed by atoms with Crippen molar-refractivity contribution in [1.29, 1.82) is 0 Å². The maximum atomic E-state index is 14.4. The smallest absolute Gasteiger partial charge is 0.201 e. The molecule has 0 aromatic heterocycles. The molecule has 0 amide bonds. The van der Waals surface area contributed by atoms with E-state index in [0.717, 1.165) is 19.3 Å². The fourth-order valence-electron chi connectivity index (χ4n) is 3.35. The third-order valence-corrected chi connectivity index (χ3v) is 4.97. The molecule has 5 heteroatoms. The van der Waals surface area contributed by atoms with Gasteiger partial charge in [0.25, 0.3) is 0 Å². The maximum absolute atomic E-state index is 14.4. The Balaban J connectivity index is 1.58. The van der Waals surface area contributed by atoms with Gasteiger partial charge in [-0.05, 0) is 56.0 Å². The van der Waals surface area contributed by atoms with E-state index in [4.69, 9.17) is 14.2 Å². The van der Waals surface area contributed by atoms with Crippen molar-refractivity contribution in [3.8, 4) is 22.6 Å². The normalized spacial score (nSPS) is 19.4. The number of benzene rings is 2. The lowest BCUT2D eigenvalue weighted by Crippen LogP contribution is -2.28. The fourth-order valence-corrected chi connectivity index (χ4v) is 3.35. The average Bonchev–Trinajstić information content (AvgIpc) is 2.75. The molecule has 156 valence electrons. The molecule has 1 fully saturated rings. The van der Waals surface area contributed by atoms with Crippen LogP contribution in [0.1, 0.15) is 33.1 Å². The molecular formula is C24H28F2O3. The second-order valence-corrected chi connectivity index (χ2v) is 7.26. The summed E-state index contributed by atoms with van der Waals surface area (Å²) in [6.45, 7) is 5.52. The van der Waals surface area contributed by atoms with Crippen LogP contribution in [0.5, 0.6) is 11.5 Å². The van der Waals surface area contributed by atoms with Crippen molar-refractivity contribution in [1.82, 2.24) is 0 Å². The highest BCUT2D eigenvalue weighted by molar-refractivity contribution is 5.66. The first-order valence-corrected chi connectivity index (χ1v) is 10.2. The van der Waals surface area contributed by atoms with Crippen LogP contribution in [0, 0.1) is 17.6 Å². The van der Waals surface area contributed by atoms with Crippen LogP contribution in [0.15, 0.2) is 48.6 Å². The molecule has 1 saturated heterocycles. The lowest BCUT2D eigenvalue weighted by Gasteiger charge is -2.27. The van der Waals surface area contributed by atoms with Gasteiger partial charge in [-0.15, -0.1) is 0 Å². The predicted octanol–water partition coefficient (Wildman–Crippen LogP) is 6.17. The Labute approximate surface area is 171 Å². The summed E-state index contributed by atoms with van der Waals surface area (Å²) in [5, 5.41) is 0. The highest BCUT2D eigenvalue weighted by atomic mass is 19.2. The van der Waals surface area contributed by atoms with E-state index in [1.54, 1.807) is 30.3 Å². The quantitative estimate of drug-likeness (QED) is 0.494. The number of ether oxygens (including phenoxy) is 3. The van der Waals surface area contributed by atoms with Gasteiger partial charge in [-0.2, -0.15) is 4.39 Å². The van der Waals surface area contributed by atoms with E-state index in [1.165, 1.54) is 6.07 Å². The number of rotatable bonds is 8. The second-order valence-electron chi connectivity index (χ2n) is 7.26. The first-order valence-electron chi connectivity index (χ1n) is 10.2. The largest absolute Gasteiger partial charge is 0.493 e. The van der Waals surface area contributed by atoms with Crippen LogP contribution in [0.2, 0.25) is 0 Å². The van der Waals surface area contributed by atoms with E-state index in [2.05, 4.69) is 6.08 Å². The summed E-state index contributed by atoms with van der Waals surface area (Å²) in [6.07, 6.45) is 7.10. The molecule has 2 aromatic carbocycles. The molecule has 0 radical (unpaired) electrons. The molecule has 2 aromatic rings. The van der Waals surface area contributed by atoms with Crippen molar-refractivity contribution < 1.29 is 23.0 Å². The van der Waals surface area contributed by atoms with Gasteiger partial charge in [-0.1, -0.05) is 31.2 Å². The summed E-state index contributed by atoms with van der Waals surface area (Å²) < 4.78 is 45.6. The van der Waals surface area contributed by atoms with E-state index in [9.17, 15) is 8.78 Å². The van der Waals surface area contributed by atoms with Crippen molar-refractivity contribution in [2.75, 3.05) is 19.8 Å². The zero-order valence-electron chi connectivity index (χ0n) is 17.0. The summed E-state index contributed by atoms with van der Waals surface area (Å²) in [5.41, 5.74) is 0.791. The highest BCUT2D eigenvalue weighted by Gasteiger charge is 2.20. The molecule has 0 spiro atoms. The fraction of sp³-hybridized carbons (Fsp3) is 0.417. The maximum Gasteiger partial charge on any atom is 0.201 e. The zero-order valence-corrected chi connectivity index (χ0v) is 17.0. The van der Waals surface area contributed by atoms with E-state index in [1.807, 2.05) is 19.9 Å². The van der Waals surface area contributed by atoms with Gasteiger partial charge in [0.05, 0.1) is 25.9 Å². The number of halogens is 2. The third kappa shape index (κ3) is 5.57. The molecule has 1 aliphatic heterocycles. The van der Waals surface area contributed by atoms with Crippen LogP contribution in [-0.4, -0.2) is 25.9 Å². The highest BCUT2D eigenvalue weighted by Crippen LogP contribution is 2.31. The molecule has 3 rings (SSSR count). The number of hydrogen-bond acceptors (Lipinski definition) is 3. The van der Waals surface area contributed by atoms with Crippen LogP contribution >= 0.6 is 0 Å². The number of allylic oxidation sites excluding steroid dienone is 1. The zero-order chi connectivity index (χ0) is 20.6. The Morgan fingerprint density at radius 2 is 1.83 bits per heavy atom. The molecule has 2 atom stereocenters. The van der Waals surface area contributed by atoms with E-state index >= 15 is 0 Å². The van der Waals surface area contributed by atoms with Crippen molar-refractivity contribution >= 4 is 0 Å². The molecule has 0 aliphatic carbocycles. The van der Waals surface area contributed by atoms with E-state index in [0.29, 0.717) is 37.1 Å². The number of hydrogen-bond donors (Lipinski definition) is 0. The standard InChI is InChI=1S/C24H28F2O3/c1-3-5-19-9-6-17(15-28-19)16-29-20-10-7-18(8-11-20)21-12-13-22(27-14-4-2)24(26)23(21)25/h3,5,7-8,10-13,17,19H,4,6,9,14-16H2,1-2H3/b5-3+. The molecule has 3 nitrogen and oxygen atoms in total. The Morgan fingerprint density at radius 1 is 1.03 bits per heavy atom. The first kappa shape index (κ1) is 21.3. The summed E-state index contributed by atoms with van der Waals surface area (Å²) in [5.74, 6) is -0.849. The lowest BCUT2D eigenvalue weighted by atomic mass is 9.99. The summed E-state index contributed by atoms with van der Waals surface area (Å²) in [6, 6.07) is 10.0. The molecule has 0 saturated carbocycles. The summed E-state index contributed by atoms with van der Waals surface area (Å²) in [4.78, 5) is 0.